The summed E-state index contributed by atoms with van der Waals surface area (Å²) in [5, 5.41) is 6.87. The van der Waals surface area contributed by atoms with Crippen LogP contribution in [0.4, 0.5) is 21.9 Å². The summed E-state index contributed by atoms with van der Waals surface area (Å²) in [6, 6.07) is 16.8. The average molecular weight is 500 g/mol. The topological polar surface area (TPSA) is 86.8 Å². The van der Waals surface area contributed by atoms with Crippen molar-refractivity contribution in [3.63, 3.8) is 0 Å². The molecule has 2 aromatic carbocycles. The Bertz CT molecular complexity index is 1490. The highest BCUT2D eigenvalue weighted by molar-refractivity contribution is 7.21. The van der Waals surface area contributed by atoms with Gasteiger partial charge in [-0.05, 0) is 68.9 Å². The first-order chi connectivity index (χ1) is 17.5. The van der Waals surface area contributed by atoms with Crippen molar-refractivity contribution in [2.75, 3.05) is 30.4 Å². The van der Waals surface area contributed by atoms with E-state index in [2.05, 4.69) is 20.5 Å². The number of benzene rings is 2. The molecule has 0 spiro atoms. The van der Waals surface area contributed by atoms with Crippen LogP contribution in [0.1, 0.15) is 21.7 Å². The van der Waals surface area contributed by atoms with Crippen LogP contribution in [0.15, 0.2) is 60.8 Å². The lowest BCUT2D eigenvalue weighted by molar-refractivity contribution is 0.0943. The minimum Gasteiger partial charge on any atom is -0.457 e. The number of carbonyl (C=O) groups excluding carboxylic acids is 2. The molecule has 6 rings (SSSR count). The molecule has 2 N–H and O–H groups in total. The molecule has 0 aliphatic carbocycles. The number of ether oxygens (including phenoxy) is 1. The fraction of sp³-hybridized carbons (Fsp3) is 0.222. The second kappa shape index (κ2) is 8.92. The average Bonchev–Trinajstić information content (AvgIpc) is 3.44. The van der Waals surface area contributed by atoms with Gasteiger partial charge in [-0.1, -0.05) is 18.2 Å². The van der Waals surface area contributed by atoms with Gasteiger partial charge in [0.25, 0.3) is 5.91 Å². The van der Waals surface area contributed by atoms with Crippen molar-refractivity contribution in [3.8, 4) is 11.5 Å². The summed E-state index contributed by atoms with van der Waals surface area (Å²) in [6.45, 7) is 3.72. The maximum Gasteiger partial charge on any atom is 0.331 e. The van der Waals surface area contributed by atoms with Crippen LogP contribution in [0, 0.1) is 6.92 Å². The number of urea groups is 1. The molecule has 4 aromatic rings. The van der Waals surface area contributed by atoms with Crippen molar-refractivity contribution < 1.29 is 14.3 Å². The number of thiophene rings is 1. The zero-order valence-corrected chi connectivity index (χ0v) is 20.8. The molecular weight excluding hydrogens is 474 g/mol. The van der Waals surface area contributed by atoms with E-state index in [9.17, 15) is 9.59 Å². The summed E-state index contributed by atoms with van der Waals surface area (Å²) in [4.78, 5) is 36.1. The van der Waals surface area contributed by atoms with Gasteiger partial charge in [0.15, 0.2) is 0 Å². The van der Waals surface area contributed by atoms with E-state index in [-0.39, 0.29) is 18.0 Å². The molecule has 8 nitrogen and oxygen atoms in total. The van der Waals surface area contributed by atoms with E-state index in [4.69, 9.17) is 4.74 Å². The fourth-order valence-corrected chi connectivity index (χ4v) is 5.88. The van der Waals surface area contributed by atoms with Crippen molar-refractivity contribution in [2.45, 2.75) is 19.4 Å². The molecule has 0 bridgehead atoms. The van der Waals surface area contributed by atoms with Crippen molar-refractivity contribution in [1.82, 2.24) is 15.2 Å². The Hall–Kier alpha value is -3.95. The molecule has 1 unspecified atom stereocenters. The molecule has 2 aliphatic heterocycles. The Labute approximate surface area is 212 Å². The molecule has 2 aromatic heterocycles. The van der Waals surface area contributed by atoms with Crippen LogP contribution in [0.5, 0.6) is 11.5 Å². The minimum atomic E-state index is -0.317. The van der Waals surface area contributed by atoms with Gasteiger partial charge in [-0.25, -0.2) is 9.78 Å². The van der Waals surface area contributed by atoms with Gasteiger partial charge in [-0.2, -0.15) is 0 Å². The molecular formula is C27H25N5O3S. The first-order valence-electron chi connectivity index (χ1n) is 11.8. The van der Waals surface area contributed by atoms with Crippen LogP contribution in [0.2, 0.25) is 0 Å². The number of aryl methyl sites for hydroxylation is 1. The number of amides is 3. The number of likely N-dealkylation sites (N-methyl/N-ethyl adjacent to an activating group) is 1. The molecule has 3 amide bonds. The molecule has 9 heteroatoms. The Balaban J connectivity index is 1.34. The van der Waals surface area contributed by atoms with Gasteiger partial charge < -0.3 is 20.3 Å². The quantitative estimate of drug-likeness (QED) is 0.378. The monoisotopic (exact) mass is 499 g/mol. The fourth-order valence-electron chi connectivity index (χ4n) is 4.85. The second-order valence-electron chi connectivity index (χ2n) is 9.17. The smallest absolute Gasteiger partial charge is 0.331 e. The number of pyridine rings is 1. The number of nitrogens with one attached hydrogen (secondary N) is 2. The number of likely N-dealkylation sites (tertiary alicyclic amines) is 1. The largest absolute Gasteiger partial charge is 0.457 e. The number of carbonyl (C=O) groups is 2. The summed E-state index contributed by atoms with van der Waals surface area (Å²) in [6.07, 6.45) is 2.59. The number of nitrogens with zero attached hydrogens (tertiary/aromatic N) is 3. The Morgan fingerprint density at radius 3 is 2.72 bits per heavy atom. The maximum absolute atomic E-state index is 13.4. The summed E-state index contributed by atoms with van der Waals surface area (Å²) in [7, 11) is 2.04. The normalized spacial score (nSPS) is 17.3. The van der Waals surface area contributed by atoms with Crippen molar-refractivity contribution >= 4 is 50.6 Å². The Morgan fingerprint density at radius 2 is 1.97 bits per heavy atom. The first-order valence-corrected chi connectivity index (χ1v) is 12.6. The summed E-state index contributed by atoms with van der Waals surface area (Å²) in [5.41, 5.74) is 2.85. The maximum atomic E-state index is 13.4. The second-order valence-corrected chi connectivity index (χ2v) is 10.2. The number of hydrogen-bond acceptors (Lipinski definition) is 6. The van der Waals surface area contributed by atoms with E-state index in [0.717, 1.165) is 41.9 Å². The van der Waals surface area contributed by atoms with Crippen LogP contribution in [0.25, 0.3) is 10.2 Å². The van der Waals surface area contributed by atoms with Crippen molar-refractivity contribution in [3.05, 3.63) is 71.2 Å². The van der Waals surface area contributed by atoms with E-state index in [1.165, 1.54) is 11.3 Å². The third kappa shape index (κ3) is 3.96. The predicted molar refractivity (Wildman–Crippen MR) is 142 cm³/mol. The van der Waals surface area contributed by atoms with Gasteiger partial charge in [0.05, 0.1) is 22.4 Å². The van der Waals surface area contributed by atoms with Gasteiger partial charge in [0.2, 0.25) is 0 Å². The van der Waals surface area contributed by atoms with Crippen LogP contribution < -0.4 is 20.3 Å². The molecule has 182 valence electrons. The molecule has 0 radical (unpaired) electrons. The molecule has 36 heavy (non-hydrogen) atoms. The Morgan fingerprint density at radius 1 is 1.14 bits per heavy atom. The van der Waals surface area contributed by atoms with Crippen molar-refractivity contribution in [2.24, 2.45) is 0 Å². The van der Waals surface area contributed by atoms with Gasteiger partial charge in [-0.3, -0.25) is 9.69 Å². The Kier molecular flexibility index (Phi) is 5.58. The van der Waals surface area contributed by atoms with Crippen molar-refractivity contribution in [1.29, 1.82) is 0 Å². The van der Waals surface area contributed by atoms with Gasteiger partial charge in [0.1, 0.15) is 21.2 Å². The summed E-state index contributed by atoms with van der Waals surface area (Å²) < 4.78 is 5.96. The lowest BCUT2D eigenvalue weighted by Gasteiger charge is -2.29. The summed E-state index contributed by atoms with van der Waals surface area (Å²) >= 11 is 1.30. The van der Waals surface area contributed by atoms with E-state index in [0.29, 0.717) is 26.8 Å². The number of hydrogen-bond donors (Lipinski definition) is 2. The highest BCUT2D eigenvalue weighted by Gasteiger charge is 2.34. The molecule has 0 saturated carbocycles. The number of rotatable bonds is 5. The molecule has 2 aliphatic rings. The highest BCUT2D eigenvalue weighted by Crippen LogP contribution is 2.46. The predicted octanol–water partition coefficient (Wildman–Crippen LogP) is 5.51. The number of aromatic nitrogens is 1. The molecule has 1 saturated heterocycles. The SMILES string of the molecule is Cc1cc(Oc2ccccc2)ccc1N1C(=O)Nc2c(C(=O)NC3CCN(C)C3)sc3nccc1c23. The van der Waals surface area contributed by atoms with Gasteiger partial charge >= 0.3 is 6.03 Å². The van der Waals surface area contributed by atoms with Crippen LogP contribution >= 0.6 is 11.3 Å². The van der Waals surface area contributed by atoms with Gasteiger partial charge in [-0.15, -0.1) is 11.3 Å². The van der Waals surface area contributed by atoms with E-state index in [1.807, 2.05) is 68.6 Å². The number of para-hydroxylation sites is 1. The zero-order chi connectivity index (χ0) is 24.8. The highest BCUT2D eigenvalue weighted by atomic mass is 32.1. The number of anilines is 3. The van der Waals surface area contributed by atoms with E-state index >= 15 is 0 Å². The zero-order valence-electron chi connectivity index (χ0n) is 19.9. The third-order valence-corrected chi connectivity index (χ3v) is 7.66. The third-order valence-electron chi connectivity index (χ3n) is 6.57. The molecule has 1 fully saturated rings. The van der Waals surface area contributed by atoms with Crippen LogP contribution in [0.3, 0.4) is 0 Å². The lowest BCUT2D eigenvalue weighted by Crippen LogP contribution is -2.38. The molecule has 1 atom stereocenters. The van der Waals surface area contributed by atoms with Gasteiger partial charge in [0, 0.05) is 18.8 Å². The van der Waals surface area contributed by atoms with E-state index in [1.54, 1.807) is 11.1 Å². The minimum absolute atomic E-state index is 0.0994. The van der Waals surface area contributed by atoms with Crippen LogP contribution in [-0.2, 0) is 0 Å². The summed E-state index contributed by atoms with van der Waals surface area (Å²) in [5.74, 6) is 1.26. The first kappa shape index (κ1) is 22.5. The van der Waals surface area contributed by atoms with Crippen LogP contribution in [-0.4, -0.2) is 48.0 Å². The lowest BCUT2D eigenvalue weighted by atomic mass is 10.1. The molecule has 4 heterocycles. The van der Waals surface area contributed by atoms with E-state index < -0.39 is 0 Å². The standard InChI is InChI=1S/C27H25N5O3S/c1-16-14-19(35-18-6-4-3-5-7-18)8-9-20(16)32-21-10-12-28-26-22(21)23(30-27(32)34)24(36-26)25(33)29-17-11-13-31(2)15-17/h3-10,12,14,17H,11,13,15H2,1-2H3,(H,29,33)(H,30,34).